The first-order valence-corrected chi connectivity index (χ1v) is 31.4. The zero-order valence-corrected chi connectivity index (χ0v) is 50.1. The van der Waals surface area contributed by atoms with Gasteiger partial charge in [-0.05, 0) is 172 Å². The second-order valence-electron chi connectivity index (χ2n) is 23.4. The number of nitrogens with zero attached hydrogens (tertiary/aromatic N) is 5. The molecule has 0 aliphatic carbocycles. The van der Waals surface area contributed by atoms with E-state index in [0.717, 1.165) is 122 Å². The molecule has 4 heterocycles. The van der Waals surface area contributed by atoms with Crippen LogP contribution in [0.15, 0.2) is 273 Å². The summed E-state index contributed by atoms with van der Waals surface area (Å²) >= 11 is 0. The van der Waals surface area contributed by atoms with Crippen LogP contribution in [0.1, 0.15) is 49.9 Å². The molecule has 0 radical (unpaired) electrons. The van der Waals surface area contributed by atoms with Gasteiger partial charge in [0.05, 0.1) is 11.4 Å². The van der Waals surface area contributed by atoms with E-state index in [2.05, 4.69) is 325 Å². The van der Waals surface area contributed by atoms with Crippen LogP contribution in [0.2, 0.25) is 0 Å². The van der Waals surface area contributed by atoms with Gasteiger partial charge < -0.3 is 29.2 Å². The van der Waals surface area contributed by atoms with Crippen LogP contribution in [0.25, 0.3) is 0 Å². The Hall–Kier alpha value is -10.4. The Labute approximate surface area is 518 Å². The van der Waals surface area contributed by atoms with Gasteiger partial charge in [-0.2, -0.15) is 0 Å². The molecule has 12 aromatic carbocycles. The molecule has 4 aliphatic heterocycles. The van der Waals surface area contributed by atoms with Gasteiger partial charge in [0.1, 0.15) is 11.5 Å². The van der Waals surface area contributed by atoms with Crippen molar-refractivity contribution in [2.45, 2.75) is 53.4 Å². The standard InChI is InChI=1S/C80H65B2N5O/c1-5-54-30-18-24-42-67(54)86(68-43-25-19-31-55(68)6-2)61-48-74-79-75(49-61)85(60-38-16-11-17-39-60)73-53-77-66(52-65(73)81(79)63-40-22-28-46-71(63)83(74)58-34-12-9-13-35-58)82-64-41-23-29-47-72(64)84(59-36-14-10-15-37-59)76-50-62(51-78(88-77)80(76)82)87(69-44-26-20-32-56(69)7-3)70-45-27-21-33-57(70)8-4/h9-53H,5-8H2,1-4H3. The smallest absolute Gasteiger partial charge is 0.256 e. The van der Waals surface area contributed by atoms with Gasteiger partial charge in [0.2, 0.25) is 0 Å². The van der Waals surface area contributed by atoms with Gasteiger partial charge in [-0.3, -0.25) is 0 Å². The second kappa shape index (κ2) is 21.8. The predicted molar refractivity (Wildman–Crippen MR) is 373 cm³/mol. The summed E-state index contributed by atoms with van der Waals surface area (Å²) in [6.07, 6.45) is 3.54. The fraction of sp³-hybridized carbons (Fsp3) is 0.100. The minimum absolute atomic E-state index is 0.150. The average molecular weight is 1130 g/mol. The van der Waals surface area contributed by atoms with E-state index >= 15 is 0 Å². The van der Waals surface area contributed by atoms with E-state index in [9.17, 15) is 0 Å². The number of aryl methyl sites for hydroxylation is 4. The van der Waals surface area contributed by atoms with Crippen molar-refractivity contribution in [3.8, 4) is 11.5 Å². The molecule has 16 rings (SSSR count). The molecule has 422 valence electrons. The Morgan fingerprint density at radius 1 is 0.284 bits per heavy atom. The minimum atomic E-state index is -0.164. The molecule has 0 aromatic heterocycles. The third-order valence-electron chi connectivity index (χ3n) is 18.8. The largest absolute Gasteiger partial charge is 0.458 e. The molecule has 4 aliphatic rings. The summed E-state index contributed by atoms with van der Waals surface area (Å²) in [7, 11) is 0. The molecular formula is C80H65B2N5O. The average Bonchev–Trinajstić information content (AvgIpc) is 0.723. The van der Waals surface area contributed by atoms with E-state index in [1.807, 2.05) is 0 Å². The topological polar surface area (TPSA) is 25.4 Å². The lowest BCUT2D eigenvalue weighted by molar-refractivity contribution is 0.488. The summed E-state index contributed by atoms with van der Waals surface area (Å²) in [5.41, 5.74) is 29.3. The summed E-state index contributed by atoms with van der Waals surface area (Å²) in [5, 5.41) is 0. The van der Waals surface area contributed by atoms with Crippen molar-refractivity contribution < 1.29 is 4.74 Å². The van der Waals surface area contributed by atoms with Crippen LogP contribution < -0.4 is 62.0 Å². The molecule has 6 nitrogen and oxygen atoms in total. The highest BCUT2D eigenvalue weighted by molar-refractivity contribution is 7.02. The van der Waals surface area contributed by atoms with Crippen molar-refractivity contribution in [3.63, 3.8) is 0 Å². The quantitative estimate of drug-likeness (QED) is 0.107. The summed E-state index contributed by atoms with van der Waals surface area (Å²) in [6.45, 7) is 8.75. The van der Waals surface area contributed by atoms with Crippen LogP contribution in [0.4, 0.5) is 85.3 Å². The van der Waals surface area contributed by atoms with Crippen LogP contribution >= 0.6 is 0 Å². The van der Waals surface area contributed by atoms with Gasteiger partial charge in [-0.1, -0.05) is 198 Å². The number of benzene rings is 12. The predicted octanol–water partition coefficient (Wildman–Crippen LogP) is 17.4. The number of hydrogen-bond acceptors (Lipinski definition) is 6. The first-order chi connectivity index (χ1) is 43.5. The lowest BCUT2D eigenvalue weighted by Crippen LogP contribution is -2.64. The van der Waals surface area contributed by atoms with Gasteiger partial charge in [0, 0.05) is 86.1 Å². The zero-order valence-electron chi connectivity index (χ0n) is 50.1. The van der Waals surface area contributed by atoms with Gasteiger partial charge in [-0.15, -0.1) is 0 Å². The second-order valence-corrected chi connectivity index (χ2v) is 23.4. The molecule has 0 atom stereocenters. The third kappa shape index (κ3) is 8.41. The van der Waals surface area contributed by atoms with E-state index in [-0.39, 0.29) is 13.4 Å². The van der Waals surface area contributed by atoms with E-state index < -0.39 is 0 Å². The SMILES string of the molecule is CCc1ccccc1N(c1cc2c3c(c1)N(c1ccccc1)c1ccccc1B3c1cc3c(cc1O2)N(c1ccccc1)c1cc(N(c2ccccc2CC)c2ccccc2CC)cc2c1B3c1ccccc1N2c1ccccc1)c1ccccc1CC. The zero-order chi connectivity index (χ0) is 59.0. The molecule has 0 fully saturated rings. The van der Waals surface area contributed by atoms with Crippen LogP contribution in [-0.4, -0.2) is 13.4 Å². The lowest BCUT2D eigenvalue weighted by atomic mass is 9.30. The van der Waals surface area contributed by atoms with Gasteiger partial charge in [0.15, 0.2) is 0 Å². The minimum Gasteiger partial charge on any atom is -0.458 e. The third-order valence-corrected chi connectivity index (χ3v) is 18.8. The maximum atomic E-state index is 7.82. The van der Waals surface area contributed by atoms with Crippen molar-refractivity contribution in [2.75, 3.05) is 24.5 Å². The lowest BCUT2D eigenvalue weighted by Gasteiger charge is -2.46. The van der Waals surface area contributed by atoms with Crippen molar-refractivity contribution in [2.24, 2.45) is 0 Å². The molecule has 0 saturated carbocycles. The highest BCUT2D eigenvalue weighted by atomic mass is 16.5. The molecule has 12 aromatic rings. The summed E-state index contributed by atoms with van der Waals surface area (Å²) in [5.74, 6) is 1.70. The summed E-state index contributed by atoms with van der Waals surface area (Å²) in [4.78, 5) is 12.6. The van der Waals surface area contributed by atoms with Crippen molar-refractivity contribution >= 4 is 132 Å². The van der Waals surface area contributed by atoms with Gasteiger partial charge >= 0.3 is 0 Å². The molecule has 88 heavy (non-hydrogen) atoms. The maximum Gasteiger partial charge on any atom is 0.256 e. The molecule has 0 saturated heterocycles. The van der Waals surface area contributed by atoms with E-state index in [0.29, 0.717) is 0 Å². The Bertz CT molecular complexity index is 4570. The molecule has 0 spiro atoms. The molecule has 0 N–H and O–H groups in total. The molecule has 0 unspecified atom stereocenters. The van der Waals surface area contributed by atoms with E-state index in [1.165, 1.54) is 55.5 Å². The number of rotatable bonds is 13. The normalized spacial score (nSPS) is 12.9. The van der Waals surface area contributed by atoms with Crippen molar-refractivity contribution in [1.29, 1.82) is 0 Å². The van der Waals surface area contributed by atoms with Crippen LogP contribution in [0, 0.1) is 0 Å². The first kappa shape index (κ1) is 53.1. The maximum absolute atomic E-state index is 7.82. The molecule has 0 amide bonds. The summed E-state index contributed by atoms with van der Waals surface area (Å²) in [6, 6.07) is 102. The number of hydrogen-bond donors (Lipinski definition) is 0. The number of fused-ring (bicyclic) bond motifs is 8. The fourth-order valence-electron chi connectivity index (χ4n) is 14.9. The van der Waals surface area contributed by atoms with Crippen LogP contribution in [-0.2, 0) is 25.7 Å². The summed E-state index contributed by atoms with van der Waals surface area (Å²) < 4.78 is 7.82. The monoisotopic (exact) mass is 1130 g/mol. The van der Waals surface area contributed by atoms with Crippen LogP contribution in [0.3, 0.4) is 0 Å². The highest BCUT2D eigenvalue weighted by Gasteiger charge is 2.48. The number of para-hydroxylation sites is 9. The Kier molecular flexibility index (Phi) is 13.2. The van der Waals surface area contributed by atoms with E-state index in [4.69, 9.17) is 4.74 Å². The number of anilines is 15. The van der Waals surface area contributed by atoms with Gasteiger partial charge in [-0.25, -0.2) is 0 Å². The number of ether oxygens (including phenoxy) is 1. The highest BCUT2D eigenvalue weighted by Crippen LogP contribution is 2.52. The Morgan fingerprint density at radius 2 is 0.625 bits per heavy atom. The van der Waals surface area contributed by atoms with Crippen molar-refractivity contribution in [3.05, 3.63) is 295 Å². The Morgan fingerprint density at radius 3 is 1.05 bits per heavy atom. The van der Waals surface area contributed by atoms with Gasteiger partial charge in [0.25, 0.3) is 13.4 Å². The molecular weight excluding hydrogens is 1070 g/mol. The fourth-order valence-corrected chi connectivity index (χ4v) is 14.9. The molecule has 8 heteroatoms. The van der Waals surface area contributed by atoms with Crippen LogP contribution in [0.5, 0.6) is 11.5 Å². The van der Waals surface area contributed by atoms with Crippen molar-refractivity contribution in [1.82, 2.24) is 0 Å². The molecule has 0 bridgehead atoms. The van der Waals surface area contributed by atoms with E-state index in [1.54, 1.807) is 0 Å². The first-order valence-electron chi connectivity index (χ1n) is 31.4. The Balaban J connectivity index is 0.991.